The summed E-state index contributed by atoms with van der Waals surface area (Å²) in [7, 11) is 2.97. The zero-order chi connectivity index (χ0) is 18.3. The molecule has 0 saturated carbocycles. The van der Waals surface area contributed by atoms with Crippen LogP contribution in [0.4, 0.5) is 5.13 Å². The maximum atomic E-state index is 12.3. The Kier molecular flexibility index (Phi) is 4.29. The predicted molar refractivity (Wildman–Crippen MR) is 95.0 cm³/mol. The second kappa shape index (κ2) is 6.28. The predicted octanol–water partition coefficient (Wildman–Crippen LogP) is 0.536. The molecule has 0 aliphatic carbocycles. The lowest BCUT2D eigenvalue weighted by Gasteiger charge is -2.06. The molecule has 0 atom stereocenters. The number of imidazole rings is 1. The molecule has 1 amide bonds. The van der Waals surface area contributed by atoms with Crippen molar-refractivity contribution in [3.63, 3.8) is 0 Å². The number of anilines is 1. The minimum absolute atomic E-state index is 0.162. The van der Waals surface area contributed by atoms with Crippen molar-refractivity contribution in [1.29, 1.82) is 0 Å². The fourth-order valence-electron chi connectivity index (χ4n) is 2.50. The van der Waals surface area contributed by atoms with Crippen LogP contribution >= 0.6 is 11.3 Å². The highest BCUT2D eigenvalue weighted by molar-refractivity contribution is 7.15. The summed E-state index contributed by atoms with van der Waals surface area (Å²) in [5.74, 6) is -0.197. The first kappa shape index (κ1) is 17.1. The number of nitrogens with one attached hydrogen (secondary N) is 1. The van der Waals surface area contributed by atoms with E-state index in [1.165, 1.54) is 29.3 Å². The Hall–Kier alpha value is -2.75. The first-order valence-corrected chi connectivity index (χ1v) is 8.46. The molecule has 1 N–H and O–H groups in total. The summed E-state index contributed by atoms with van der Waals surface area (Å²) in [6.07, 6.45) is 1.63. The molecule has 3 rings (SSSR count). The summed E-state index contributed by atoms with van der Waals surface area (Å²) in [5, 5.41) is 3.32. The van der Waals surface area contributed by atoms with Gasteiger partial charge in [-0.3, -0.25) is 18.7 Å². The molecule has 25 heavy (non-hydrogen) atoms. The number of hydrogen-bond donors (Lipinski definition) is 1. The minimum Gasteiger partial charge on any atom is -0.324 e. The number of amides is 1. The van der Waals surface area contributed by atoms with Crippen molar-refractivity contribution in [3.8, 4) is 0 Å². The highest BCUT2D eigenvalue weighted by Gasteiger charge is 2.15. The average Bonchev–Trinajstić information content (AvgIpc) is 3.12. The maximum Gasteiger partial charge on any atom is 0.332 e. The third-order valence-electron chi connectivity index (χ3n) is 4.07. The largest absolute Gasteiger partial charge is 0.332 e. The fraction of sp³-hybridized carbons (Fsp3) is 0.400. The first-order chi connectivity index (χ1) is 11.8. The van der Waals surface area contributed by atoms with Crippen molar-refractivity contribution < 1.29 is 4.79 Å². The van der Waals surface area contributed by atoms with Crippen LogP contribution in [0.1, 0.15) is 17.0 Å². The van der Waals surface area contributed by atoms with Gasteiger partial charge in [0.2, 0.25) is 5.91 Å². The third-order valence-corrected chi connectivity index (χ3v) is 5.06. The highest BCUT2D eigenvalue weighted by Crippen LogP contribution is 2.21. The van der Waals surface area contributed by atoms with Crippen molar-refractivity contribution in [2.75, 3.05) is 5.32 Å². The lowest BCUT2D eigenvalue weighted by atomic mass is 10.4. The zero-order valence-electron chi connectivity index (χ0n) is 14.4. The van der Waals surface area contributed by atoms with Crippen molar-refractivity contribution in [3.05, 3.63) is 37.7 Å². The van der Waals surface area contributed by atoms with Crippen molar-refractivity contribution in [2.45, 2.75) is 26.8 Å². The highest BCUT2D eigenvalue weighted by atomic mass is 32.1. The van der Waals surface area contributed by atoms with Gasteiger partial charge >= 0.3 is 5.69 Å². The van der Waals surface area contributed by atoms with Gasteiger partial charge in [-0.2, -0.15) is 0 Å². The van der Waals surface area contributed by atoms with Crippen LogP contribution in [0.15, 0.2) is 15.9 Å². The Morgan fingerprint density at radius 1 is 1.24 bits per heavy atom. The van der Waals surface area contributed by atoms with E-state index in [0.717, 1.165) is 15.1 Å². The molecule has 10 heteroatoms. The quantitative estimate of drug-likeness (QED) is 0.729. The van der Waals surface area contributed by atoms with Gasteiger partial charge in [0.25, 0.3) is 5.56 Å². The van der Waals surface area contributed by atoms with Gasteiger partial charge in [-0.05, 0) is 13.8 Å². The molecule has 0 spiro atoms. The van der Waals surface area contributed by atoms with Crippen LogP contribution in [0.25, 0.3) is 11.2 Å². The normalized spacial score (nSPS) is 11.2. The average molecular weight is 362 g/mol. The van der Waals surface area contributed by atoms with Gasteiger partial charge in [0.1, 0.15) is 0 Å². The Morgan fingerprint density at radius 3 is 2.60 bits per heavy atom. The Labute approximate surface area is 146 Å². The molecule has 3 aromatic heterocycles. The van der Waals surface area contributed by atoms with Crippen LogP contribution in [0.2, 0.25) is 0 Å². The number of carbonyl (C=O) groups excluding carboxylic acids is 1. The SMILES string of the molecule is Cc1nc(NC(=O)CCn2cnc3c2c(=O)n(C)c(=O)n3C)sc1C. The van der Waals surface area contributed by atoms with E-state index in [0.29, 0.717) is 16.3 Å². The number of rotatable bonds is 4. The summed E-state index contributed by atoms with van der Waals surface area (Å²) in [4.78, 5) is 45.8. The minimum atomic E-state index is -0.435. The molecule has 0 fully saturated rings. The summed E-state index contributed by atoms with van der Waals surface area (Å²) >= 11 is 1.42. The summed E-state index contributed by atoms with van der Waals surface area (Å²) in [6, 6.07) is 0. The van der Waals surface area contributed by atoms with Gasteiger partial charge in [-0.25, -0.2) is 14.8 Å². The molecule has 0 aliphatic rings. The number of carbonyl (C=O) groups is 1. The summed E-state index contributed by atoms with van der Waals surface area (Å²) in [6.45, 7) is 4.11. The van der Waals surface area contributed by atoms with E-state index in [2.05, 4.69) is 15.3 Å². The Morgan fingerprint density at radius 2 is 1.96 bits per heavy atom. The topological polar surface area (TPSA) is 104 Å². The molecule has 0 aliphatic heterocycles. The molecule has 0 radical (unpaired) electrons. The third kappa shape index (κ3) is 3.00. The second-order valence-corrected chi connectivity index (χ2v) is 6.98. The van der Waals surface area contributed by atoms with Crippen LogP contribution in [-0.2, 0) is 25.4 Å². The van der Waals surface area contributed by atoms with Gasteiger partial charge in [0.15, 0.2) is 16.3 Å². The van der Waals surface area contributed by atoms with E-state index in [1.54, 1.807) is 11.6 Å². The Balaban J connectivity index is 1.81. The van der Waals surface area contributed by atoms with Crippen molar-refractivity contribution >= 4 is 33.5 Å². The fourth-order valence-corrected chi connectivity index (χ4v) is 3.33. The van der Waals surface area contributed by atoms with Crippen LogP contribution in [0, 0.1) is 13.8 Å². The first-order valence-electron chi connectivity index (χ1n) is 7.64. The van der Waals surface area contributed by atoms with E-state index in [1.807, 2.05) is 13.8 Å². The number of aromatic nitrogens is 5. The van der Waals surface area contributed by atoms with E-state index in [-0.39, 0.29) is 18.9 Å². The second-order valence-electron chi connectivity index (χ2n) is 5.77. The van der Waals surface area contributed by atoms with E-state index in [4.69, 9.17) is 0 Å². The van der Waals surface area contributed by atoms with E-state index >= 15 is 0 Å². The van der Waals surface area contributed by atoms with Crippen molar-refractivity contribution in [2.24, 2.45) is 14.1 Å². The summed E-state index contributed by atoms with van der Waals surface area (Å²) < 4.78 is 3.94. The number of hydrogen-bond acceptors (Lipinski definition) is 6. The van der Waals surface area contributed by atoms with E-state index in [9.17, 15) is 14.4 Å². The Bertz CT molecular complexity index is 1070. The van der Waals surface area contributed by atoms with Gasteiger partial charge < -0.3 is 9.88 Å². The lowest BCUT2D eigenvalue weighted by Crippen LogP contribution is -2.37. The molecule has 132 valence electrons. The van der Waals surface area contributed by atoms with Gasteiger partial charge in [-0.15, -0.1) is 11.3 Å². The molecule has 3 aromatic rings. The standard InChI is InChI=1S/C15H18N6O3S/c1-8-9(2)25-14(17-8)18-10(22)5-6-21-7-16-12-11(21)13(23)20(4)15(24)19(12)3/h7H,5-6H2,1-4H3,(H,17,18,22). The molecule has 0 unspecified atom stereocenters. The maximum absolute atomic E-state index is 12.3. The van der Waals surface area contributed by atoms with Gasteiger partial charge in [-0.1, -0.05) is 0 Å². The molecular weight excluding hydrogens is 344 g/mol. The molecule has 9 nitrogen and oxygen atoms in total. The van der Waals surface area contributed by atoms with Crippen LogP contribution in [0.5, 0.6) is 0 Å². The molecule has 0 bridgehead atoms. The molecule has 0 aromatic carbocycles. The lowest BCUT2D eigenvalue weighted by molar-refractivity contribution is -0.116. The molecule has 3 heterocycles. The number of aryl methyl sites for hydroxylation is 4. The van der Waals surface area contributed by atoms with Crippen molar-refractivity contribution in [1.82, 2.24) is 23.7 Å². The van der Waals surface area contributed by atoms with Gasteiger partial charge in [0, 0.05) is 31.9 Å². The van der Waals surface area contributed by atoms with Gasteiger partial charge in [0.05, 0.1) is 12.0 Å². The smallest absolute Gasteiger partial charge is 0.324 e. The monoisotopic (exact) mass is 362 g/mol. The van der Waals surface area contributed by atoms with E-state index < -0.39 is 11.2 Å². The zero-order valence-corrected chi connectivity index (χ0v) is 15.2. The number of nitrogens with zero attached hydrogens (tertiary/aromatic N) is 5. The summed E-state index contributed by atoms with van der Waals surface area (Å²) in [5.41, 5.74) is 0.639. The number of thiazole rings is 1. The molecule has 0 saturated heterocycles. The van der Waals surface area contributed by atoms with Crippen LogP contribution < -0.4 is 16.6 Å². The van der Waals surface area contributed by atoms with Crippen LogP contribution in [0.3, 0.4) is 0 Å². The number of fused-ring (bicyclic) bond motifs is 1. The molecular formula is C15H18N6O3S. The van der Waals surface area contributed by atoms with Crippen LogP contribution in [-0.4, -0.2) is 29.6 Å².